The van der Waals surface area contributed by atoms with E-state index >= 15 is 0 Å². The average molecular weight is 327 g/mol. The van der Waals surface area contributed by atoms with Crippen molar-refractivity contribution in [3.05, 3.63) is 21.6 Å². The molecule has 0 fully saturated rings. The number of carbonyl (C=O) groups excluding carboxylic acids is 1. The molecule has 0 aliphatic carbocycles. The minimum absolute atomic E-state index is 0.00258. The standard InChI is InChI=1S/C11H14ClF3N4O2/c1-6(9(20)18(2)3)17-7-4-16-19(5-11(13,14)15)10(21)8(7)12/h4,6,17H,5H2,1-3H3. The van der Waals surface area contributed by atoms with Crippen LogP contribution in [0.15, 0.2) is 11.0 Å². The summed E-state index contributed by atoms with van der Waals surface area (Å²) in [5.41, 5.74) is -1.08. The lowest BCUT2D eigenvalue weighted by Gasteiger charge is -2.19. The van der Waals surface area contributed by atoms with Gasteiger partial charge in [-0.05, 0) is 6.92 Å². The molecule has 0 radical (unpaired) electrons. The van der Waals surface area contributed by atoms with E-state index in [1.807, 2.05) is 0 Å². The van der Waals surface area contributed by atoms with E-state index in [0.29, 0.717) is 0 Å². The fourth-order valence-corrected chi connectivity index (χ4v) is 1.73. The number of rotatable bonds is 4. The molecule has 1 heterocycles. The maximum atomic E-state index is 12.2. The third kappa shape index (κ3) is 4.62. The van der Waals surface area contributed by atoms with E-state index in [0.717, 1.165) is 6.20 Å². The van der Waals surface area contributed by atoms with Crippen LogP contribution >= 0.6 is 11.6 Å². The van der Waals surface area contributed by atoms with Gasteiger partial charge in [0.25, 0.3) is 5.56 Å². The number of aromatic nitrogens is 2. The maximum absolute atomic E-state index is 12.2. The van der Waals surface area contributed by atoms with E-state index in [2.05, 4.69) is 10.4 Å². The number of carbonyl (C=O) groups is 1. The van der Waals surface area contributed by atoms with Gasteiger partial charge in [0.1, 0.15) is 17.6 Å². The Bertz CT molecular complexity index is 586. The van der Waals surface area contributed by atoms with Gasteiger partial charge in [0.15, 0.2) is 0 Å². The Hall–Kier alpha value is -1.77. The van der Waals surface area contributed by atoms with Gasteiger partial charge in [0.2, 0.25) is 5.91 Å². The van der Waals surface area contributed by atoms with E-state index in [1.165, 1.54) is 11.8 Å². The molecule has 0 aromatic carbocycles. The fourth-order valence-electron chi connectivity index (χ4n) is 1.53. The molecule has 1 atom stereocenters. The van der Waals surface area contributed by atoms with Gasteiger partial charge in [-0.15, -0.1) is 0 Å². The SMILES string of the molecule is CC(Nc1cnn(CC(F)(F)F)c(=O)c1Cl)C(=O)N(C)C. The van der Waals surface area contributed by atoms with Crippen LogP contribution in [0.1, 0.15) is 6.92 Å². The third-order valence-electron chi connectivity index (χ3n) is 2.50. The zero-order valence-corrected chi connectivity index (χ0v) is 12.3. The highest BCUT2D eigenvalue weighted by Crippen LogP contribution is 2.19. The molecular formula is C11H14ClF3N4O2. The number of halogens is 4. The number of nitrogens with zero attached hydrogens (tertiary/aromatic N) is 3. The molecule has 0 aliphatic heterocycles. The predicted octanol–water partition coefficient (Wildman–Crippen LogP) is 1.35. The smallest absolute Gasteiger partial charge is 0.371 e. The molecule has 10 heteroatoms. The van der Waals surface area contributed by atoms with Crippen LogP contribution in [0.25, 0.3) is 0 Å². The Morgan fingerprint density at radius 1 is 1.52 bits per heavy atom. The molecular weight excluding hydrogens is 313 g/mol. The highest BCUT2D eigenvalue weighted by molar-refractivity contribution is 6.33. The molecule has 6 nitrogen and oxygen atoms in total. The molecule has 1 rings (SSSR count). The first kappa shape index (κ1) is 17.3. The van der Waals surface area contributed by atoms with E-state index in [1.54, 1.807) is 14.1 Å². The van der Waals surface area contributed by atoms with Crippen molar-refractivity contribution in [3.8, 4) is 0 Å². The Labute approximate surface area is 123 Å². The highest BCUT2D eigenvalue weighted by atomic mass is 35.5. The van der Waals surface area contributed by atoms with Gasteiger partial charge in [0.05, 0.1) is 11.9 Å². The van der Waals surface area contributed by atoms with E-state index in [-0.39, 0.29) is 16.3 Å². The predicted molar refractivity (Wildman–Crippen MR) is 71.3 cm³/mol. The first-order chi connectivity index (χ1) is 9.53. The number of amides is 1. The van der Waals surface area contributed by atoms with E-state index in [9.17, 15) is 22.8 Å². The lowest BCUT2D eigenvalue weighted by Crippen LogP contribution is -2.37. The Morgan fingerprint density at radius 2 is 2.10 bits per heavy atom. The van der Waals surface area contributed by atoms with Crippen LogP contribution in [-0.2, 0) is 11.3 Å². The van der Waals surface area contributed by atoms with Gasteiger partial charge < -0.3 is 10.2 Å². The second kappa shape index (κ2) is 6.33. The van der Waals surface area contributed by atoms with Crippen LogP contribution in [0.2, 0.25) is 5.02 Å². The second-order valence-electron chi connectivity index (χ2n) is 4.55. The Kier molecular flexibility index (Phi) is 5.21. The van der Waals surface area contributed by atoms with Crippen LogP contribution in [0.5, 0.6) is 0 Å². The van der Waals surface area contributed by atoms with Gasteiger partial charge in [0, 0.05) is 14.1 Å². The van der Waals surface area contributed by atoms with Crippen molar-refractivity contribution in [3.63, 3.8) is 0 Å². The number of hydrogen-bond donors (Lipinski definition) is 1. The quantitative estimate of drug-likeness (QED) is 0.907. The molecule has 0 bridgehead atoms. The van der Waals surface area contributed by atoms with Crippen LogP contribution in [0, 0.1) is 0 Å². The fraction of sp³-hybridized carbons (Fsp3) is 0.545. The summed E-state index contributed by atoms with van der Waals surface area (Å²) in [6.07, 6.45) is -3.60. The molecule has 1 amide bonds. The first-order valence-electron chi connectivity index (χ1n) is 5.83. The zero-order chi connectivity index (χ0) is 16.4. The third-order valence-corrected chi connectivity index (χ3v) is 2.86. The summed E-state index contributed by atoms with van der Waals surface area (Å²) < 4.78 is 37.0. The van der Waals surface area contributed by atoms with E-state index < -0.39 is 29.3 Å². The van der Waals surface area contributed by atoms with Crippen LogP contribution in [0.3, 0.4) is 0 Å². The average Bonchev–Trinajstić information content (AvgIpc) is 2.35. The Morgan fingerprint density at radius 3 is 2.57 bits per heavy atom. The number of anilines is 1. The molecule has 21 heavy (non-hydrogen) atoms. The molecule has 0 spiro atoms. The van der Waals surface area contributed by atoms with Gasteiger partial charge in [-0.1, -0.05) is 11.6 Å². The summed E-state index contributed by atoms with van der Waals surface area (Å²) in [5.74, 6) is -0.287. The molecule has 1 aromatic heterocycles. The van der Waals surface area contributed by atoms with Crippen molar-refractivity contribution in [2.45, 2.75) is 25.7 Å². The van der Waals surface area contributed by atoms with Crippen molar-refractivity contribution in [2.24, 2.45) is 0 Å². The number of nitrogens with one attached hydrogen (secondary N) is 1. The van der Waals surface area contributed by atoms with Crippen molar-refractivity contribution in [1.82, 2.24) is 14.7 Å². The van der Waals surface area contributed by atoms with Crippen LogP contribution in [0.4, 0.5) is 18.9 Å². The topological polar surface area (TPSA) is 67.2 Å². The summed E-state index contributed by atoms with van der Waals surface area (Å²) in [7, 11) is 3.09. The number of alkyl halides is 3. The molecule has 118 valence electrons. The summed E-state index contributed by atoms with van der Waals surface area (Å²) in [6, 6.07) is -0.711. The second-order valence-corrected chi connectivity index (χ2v) is 4.93. The first-order valence-corrected chi connectivity index (χ1v) is 6.21. The monoisotopic (exact) mass is 326 g/mol. The van der Waals surface area contributed by atoms with Crippen LogP contribution in [-0.4, -0.2) is 46.9 Å². The molecule has 1 N–H and O–H groups in total. The van der Waals surface area contributed by atoms with Gasteiger partial charge in [-0.25, -0.2) is 4.68 Å². The molecule has 1 aromatic rings. The lowest BCUT2D eigenvalue weighted by molar-refractivity contribution is -0.143. The summed E-state index contributed by atoms with van der Waals surface area (Å²) in [4.78, 5) is 24.7. The maximum Gasteiger partial charge on any atom is 0.408 e. The minimum Gasteiger partial charge on any atom is -0.371 e. The lowest BCUT2D eigenvalue weighted by atomic mass is 10.3. The van der Waals surface area contributed by atoms with Crippen molar-refractivity contribution in [1.29, 1.82) is 0 Å². The largest absolute Gasteiger partial charge is 0.408 e. The van der Waals surface area contributed by atoms with Gasteiger partial charge >= 0.3 is 6.18 Å². The van der Waals surface area contributed by atoms with Gasteiger partial charge in [-0.2, -0.15) is 18.3 Å². The van der Waals surface area contributed by atoms with Crippen molar-refractivity contribution < 1.29 is 18.0 Å². The summed E-state index contributed by atoms with van der Waals surface area (Å²) >= 11 is 5.73. The molecule has 1 unspecified atom stereocenters. The Balaban J connectivity index is 3.00. The van der Waals surface area contributed by atoms with Crippen LogP contribution < -0.4 is 10.9 Å². The minimum atomic E-state index is -4.58. The van der Waals surface area contributed by atoms with Crippen molar-refractivity contribution in [2.75, 3.05) is 19.4 Å². The normalized spacial score (nSPS) is 12.9. The summed E-state index contributed by atoms with van der Waals surface area (Å²) in [6.45, 7) is -0.00206. The molecule has 0 saturated carbocycles. The molecule has 0 saturated heterocycles. The zero-order valence-electron chi connectivity index (χ0n) is 11.5. The highest BCUT2D eigenvalue weighted by Gasteiger charge is 2.30. The molecule has 0 aliphatic rings. The number of hydrogen-bond acceptors (Lipinski definition) is 4. The summed E-state index contributed by atoms with van der Waals surface area (Å²) in [5, 5.41) is 5.58. The van der Waals surface area contributed by atoms with Crippen molar-refractivity contribution >= 4 is 23.2 Å². The van der Waals surface area contributed by atoms with E-state index in [4.69, 9.17) is 11.6 Å². The number of likely N-dealkylation sites (N-methyl/N-ethyl adjacent to an activating group) is 1. The van der Waals surface area contributed by atoms with Gasteiger partial charge in [-0.3, -0.25) is 9.59 Å².